The predicted molar refractivity (Wildman–Crippen MR) is 69.0 cm³/mol. The van der Waals surface area contributed by atoms with Crippen LogP contribution >= 0.6 is 11.6 Å². The van der Waals surface area contributed by atoms with Crippen molar-refractivity contribution in [1.82, 2.24) is 29.7 Å². The Hall–Kier alpha value is -1.96. The first-order valence-electron chi connectivity index (χ1n) is 5.80. The molecule has 0 fully saturated rings. The maximum Gasteiger partial charge on any atom is 0.322 e. The Morgan fingerprint density at radius 2 is 2.21 bits per heavy atom. The van der Waals surface area contributed by atoms with Gasteiger partial charge in [-0.3, -0.25) is 0 Å². The Kier molecular flexibility index (Phi) is 4.45. The van der Waals surface area contributed by atoms with E-state index in [0.29, 0.717) is 19.1 Å². The quantitative estimate of drug-likeness (QED) is 0.847. The average Bonchev–Trinajstić information content (AvgIpc) is 2.79. The van der Waals surface area contributed by atoms with Crippen molar-refractivity contribution >= 4 is 17.5 Å². The molecule has 0 spiro atoms. The second-order valence-electron chi connectivity index (χ2n) is 3.77. The van der Waals surface area contributed by atoms with Crippen molar-refractivity contribution in [2.75, 3.05) is 11.9 Å². The monoisotopic (exact) mass is 283 g/mol. The number of aromatic nitrogens is 6. The second-order valence-corrected chi connectivity index (χ2v) is 4.11. The highest BCUT2D eigenvalue weighted by Gasteiger charge is 2.07. The van der Waals surface area contributed by atoms with Gasteiger partial charge >= 0.3 is 6.01 Å². The highest BCUT2D eigenvalue weighted by molar-refractivity contribution is 6.28. The molecular weight excluding hydrogens is 270 g/mol. The van der Waals surface area contributed by atoms with E-state index in [2.05, 4.69) is 30.5 Å². The largest absolute Gasteiger partial charge is 0.463 e. The second kappa shape index (κ2) is 6.28. The highest BCUT2D eigenvalue weighted by atomic mass is 35.5. The van der Waals surface area contributed by atoms with Gasteiger partial charge in [-0.15, -0.1) is 10.2 Å². The Morgan fingerprint density at radius 3 is 2.89 bits per heavy atom. The fraction of sp³-hybridized carbons (Fsp3) is 0.500. The van der Waals surface area contributed by atoms with E-state index in [1.54, 1.807) is 10.9 Å². The van der Waals surface area contributed by atoms with Gasteiger partial charge in [-0.05, 0) is 18.0 Å². The lowest BCUT2D eigenvalue weighted by molar-refractivity contribution is 0.291. The highest BCUT2D eigenvalue weighted by Crippen LogP contribution is 2.12. The van der Waals surface area contributed by atoms with E-state index in [-0.39, 0.29) is 11.3 Å². The van der Waals surface area contributed by atoms with Gasteiger partial charge in [0.1, 0.15) is 6.33 Å². The third-order valence-corrected chi connectivity index (χ3v) is 2.40. The molecular formula is C10H14ClN7O. The Morgan fingerprint density at radius 1 is 1.37 bits per heavy atom. The minimum atomic E-state index is 0.0848. The van der Waals surface area contributed by atoms with Gasteiger partial charge in [-0.2, -0.15) is 15.0 Å². The van der Waals surface area contributed by atoms with E-state index < -0.39 is 0 Å². The molecule has 0 unspecified atom stereocenters. The first-order chi connectivity index (χ1) is 9.19. The summed E-state index contributed by atoms with van der Waals surface area (Å²) in [6, 6.07) is 0.210. The summed E-state index contributed by atoms with van der Waals surface area (Å²) in [7, 11) is 1.85. The minimum Gasteiger partial charge on any atom is -0.463 e. The van der Waals surface area contributed by atoms with Gasteiger partial charge in [0, 0.05) is 7.05 Å². The third kappa shape index (κ3) is 3.75. The number of ether oxygens (including phenoxy) is 1. The van der Waals surface area contributed by atoms with Crippen LogP contribution in [-0.2, 0) is 13.6 Å². The molecule has 0 aliphatic carbocycles. The summed E-state index contributed by atoms with van der Waals surface area (Å²) >= 11 is 5.81. The lowest BCUT2D eigenvalue weighted by atomic mass is 10.5. The van der Waals surface area contributed by atoms with E-state index in [0.717, 1.165) is 12.2 Å². The Labute approximate surface area is 115 Å². The molecule has 0 aliphatic heterocycles. The smallest absolute Gasteiger partial charge is 0.322 e. The van der Waals surface area contributed by atoms with Crippen molar-refractivity contribution < 1.29 is 4.74 Å². The van der Waals surface area contributed by atoms with Crippen molar-refractivity contribution in [2.45, 2.75) is 19.9 Å². The van der Waals surface area contributed by atoms with Crippen LogP contribution in [0.2, 0.25) is 5.28 Å². The summed E-state index contributed by atoms with van der Waals surface area (Å²) in [4.78, 5) is 12.0. The maximum atomic E-state index is 5.81. The van der Waals surface area contributed by atoms with Crippen LogP contribution in [0.1, 0.15) is 19.2 Å². The fourth-order valence-electron chi connectivity index (χ4n) is 1.29. The molecule has 0 saturated heterocycles. The zero-order valence-corrected chi connectivity index (χ0v) is 11.4. The summed E-state index contributed by atoms with van der Waals surface area (Å²) in [5, 5.41) is 10.8. The maximum absolute atomic E-state index is 5.81. The van der Waals surface area contributed by atoms with E-state index >= 15 is 0 Å². The van der Waals surface area contributed by atoms with E-state index in [9.17, 15) is 0 Å². The van der Waals surface area contributed by atoms with Gasteiger partial charge < -0.3 is 14.6 Å². The zero-order chi connectivity index (χ0) is 13.7. The first-order valence-corrected chi connectivity index (χ1v) is 6.18. The van der Waals surface area contributed by atoms with Gasteiger partial charge in [0.05, 0.1) is 13.2 Å². The molecule has 0 atom stereocenters. The van der Waals surface area contributed by atoms with Crippen LogP contribution in [0.3, 0.4) is 0 Å². The van der Waals surface area contributed by atoms with Crippen molar-refractivity contribution in [2.24, 2.45) is 7.05 Å². The lowest BCUT2D eigenvalue weighted by Crippen LogP contribution is -2.10. The number of halogens is 1. The van der Waals surface area contributed by atoms with Gasteiger partial charge in [-0.1, -0.05) is 6.92 Å². The number of hydrogen-bond acceptors (Lipinski definition) is 7. The third-order valence-electron chi connectivity index (χ3n) is 2.23. The van der Waals surface area contributed by atoms with Gasteiger partial charge in [-0.25, -0.2) is 0 Å². The molecule has 19 heavy (non-hydrogen) atoms. The van der Waals surface area contributed by atoms with Crippen molar-refractivity contribution in [3.8, 4) is 6.01 Å². The average molecular weight is 284 g/mol. The molecule has 0 saturated carbocycles. The van der Waals surface area contributed by atoms with Gasteiger partial charge in [0.25, 0.3) is 0 Å². The number of aryl methyl sites for hydroxylation is 1. The predicted octanol–water partition coefficient (Wildman–Crippen LogP) is 1.05. The Bertz CT molecular complexity index is 544. The molecule has 0 bridgehead atoms. The molecule has 102 valence electrons. The number of rotatable bonds is 6. The molecule has 2 rings (SSSR count). The summed E-state index contributed by atoms with van der Waals surface area (Å²) < 4.78 is 7.11. The molecule has 0 radical (unpaired) electrons. The van der Waals surface area contributed by atoms with Crippen molar-refractivity contribution in [3.63, 3.8) is 0 Å². The van der Waals surface area contributed by atoms with E-state index in [1.165, 1.54) is 0 Å². The molecule has 2 aromatic heterocycles. The molecule has 0 aliphatic rings. The summed E-state index contributed by atoms with van der Waals surface area (Å²) in [6.07, 6.45) is 2.48. The lowest BCUT2D eigenvalue weighted by Gasteiger charge is -2.06. The van der Waals surface area contributed by atoms with Crippen LogP contribution in [0.5, 0.6) is 6.01 Å². The van der Waals surface area contributed by atoms with Crippen LogP contribution in [0.15, 0.2) is 6.33 Å². The van der Waals surface area contributed by atoms with E-state index in [1.807, 2.05) is 14.0 Å². The minimum absolute atomic E-state index is 0.0848. The number of nitrogens with zero attached hydrogens (tertiary/aromatic N) is 6. The molecule has 9 heteroatoms. The summed E-state index contributed by atoms with van der Waals surface area (Å²) in [5.41, 5.74) is 0. The van der Waals surface area contributed by atoms with E-state index in [4.69, 9.17) is 16.3 Å². The zero-order valence-electron chi connectivity index (χ0n) is 10.7. The number of nitrogens with one attached hydrogen (secondary N) is 1. The van der Waals surface area contributed by atoms with Crippen molar-refractivity contribution in [3.05, 3.63) is 17.4 Å². The van der Waals surface area contributed by atoms with Gasteiger partial charge in [0.2, 0.25) is 11.2 Å². The van der Waals surface area contributed by atoms with Crippen LogP contribution in [-0.4, -0.2) is 36.3 Å². The molecule has 2 heterocycles. The standard InChI is InChI=1S/C10H14ClN7O/c1-3-4-19-10-15-8(11)14-9(16-10)12-5-7-17-13-6-18(7)2/h6H,3-5H2,1-2H3,(H,12,14,15,16). The van der Waals surface area contributed by atoms with Crippen LogP contribution in [0.4, 0.5) is 5.95 Å². The molecule has 2 aromatic rings. The molecule has 8 nitrogen and oxygen atoms in total. The normalized spacial score (nSPS) is 10.5. The van der Waals surface area contributed by atoms with Crippen LogP contribution < -0.4 is 10.1 Å². The topological polar surface area (TPSA) is 90.6 Å². The number of anilines is 1. The summed E-state index contributed by atoms with van der Waals surface area (Å²) in [6.45, 7) is 2.96. The molecule has 0 aromatic carbocycles. The molecule has 1 N–H and O–H groups in total. The van der Waals surface area contributed by atoms with Crippen LogP contribution in [0, 0.1) is 0 Å². The SMILES string of the molecule is CCCOc1nc(Cl)nc(NCc2nncn2C)n1. The summed E-state index contributed by atoms with van der Waals surface area (Å²) in [5.74, 6) is 1.10. The van der Waals surface area contributed by atoms with Crippen LogP contribution in [0.25, 0.3) is 0 Å². The molecule has 0 amide bonds. The Balaban J connectivity index is 2.03. The fourth-order valence-corrected chi connectivity index (χ4v) is 1.45. The van der Waals surface area contributed by atoms with Gasteiger partial charge in [0.15, 0.2) is 5.82 Å². The van der Waals surface area contributed by atoms with Crippen molar-refractivity contribution in [1.29, 1.82) is 0 Å². The number of hydrogen-bond donors (Lipinski definition) is 1. The first kappa shape index (κ1) is 13.5.